The molecule has 0 aliphatic heterocycles. The number of aromatic nitrogens is 2. The Morgan fingerprint density at radius 1 is 1.24 bits per heavy atom. The van der Waals surface area contributed by atoms with Crippen LogP contribution in [0.25, 0.3) is 0 Å². The minimum atomic E-state index is -0.743. The van der Waals surface area contributed by atoms with Gasteiger partial charge in [-0.05, 0) is 19.1 Å². The summed E-state index contributed by atoms with van der Waals surface area (Å²) in [6.07, 6.45) is 2.67. The number of halogens is 2. The van der Waals surface area contributed by atoms with Gasteiger partial charge in [-0.1, -0.05) is 0 Å². The maximum atomic E-state index is 13.4. The van der Waals surface area contributed by atoms with E-state index in [1.54, 1.807) is 6.92 Å². The van der Waals surface area contributed by atoms with E-state index in [0.29, 0.717) is 6.61 Å². The number of hydrogen-bond acceptors (Lipinski definition) is 4. The number of anilines is 2. The fourth-order valence-electron chi connectivity index (χ4n) is 1.46. The standard InChI is InChI=1S/C13H12F2N4O2/c1-2-21-13-16-6-9(7-17-13)18-12(20)19-11-5-8(14)3-4-10(11)15/h3-7H,2H2,1H3,(H2,18,19,20). The molecule has 0 unspecified atom stereocenters. The first-order valence-corrected chi connectivity index (χ1v) is 6.06. The summed E-state index contributed by atoms with van der Waals surface area (Å²) >= 11 is 0. The van der Waals surface area contributed by atoms with Crippen molar-refractivity contribution in [2.24, 2.45) is 0 Å². The molecule has 21 heavy (non-hydrogen) atoms. The SMILES string of the molecule is CCOc1ncc(NC(=O)Nc2cc(F)ccc2F)cn1. The van der Waals surface area contributed by atoms with Gasteiger partial charge >= 0.3 is 12.0 Å². The summed E-state index contributed by atoms with van der Waals surface area (Å²) in [4.78, 5) is 19.4. The smallest absolute Gasteiger partial charge is 0.323 e. The minimum absolute atomic E-state index is 0.180. The summed E-state index contributed by atoms with van der Waals surface area (Å²) in [5, 5.41) is 4.57. The van der Waals surface area contributed by atoms with Crippen molar-refractivity contribution in [2.75, 3.05) is 17.2 Å². The Bertz CT molecular complexity index is 635. The molecule has 110 valence electrons. The van der Waals surface area contributed by atoms with Gasteiger partial charge in [0.1, 0.15) is 11.6 Å². The third-order valence-electron chi connectivity index (χ3n) is 2.34. The number of hydrogen-bond donors (Lipinski definition) is 2. The van der Waals surface area contributed by atoms with Gasteiger partial charge in [-0.3, -0.25) is 0 Å². The molecule has 1 heterocycles. The van der Waals surface area contributed by atoms with Gasteiger partial charge in [0.15, 0.2) is 0 Å². The van der Waals surface area contributed by atoms with Gasteiger partial charge in [0, 0.05) is 6.07 Å². The Balaban J connectivity index is 1.99. The molecule has 0 aliphatic carbocycles. The molecule has 1 aromatic heterocycles. The van der Waals surface area contributed by atoms with Crippen LogP contribution in [0.15, 0.2) is 30.6 Å². The maximum absolute atomic E-state index is 13.4. The zero-order valence-electron chi connectivity index (χ0n) is 11.1. The second kappa shape index (κ2) is 6.60. The Labute approximate surface area is 119 Å². The molecule has 0 fully saturated rings. The van der Waals surface area contributed by atoms with Crippen LogP contribution in [0.2, 0.25) is 0 Å². The molecule has 2 N–H and O–H groups in total. The molecule has 0 saturated carbocycles. The van der Waals surface area contributed by atoms with E-state index in [1.807, 2.05) is 0 Å². The molecule has 0 spiro atoms. The topological polar surface area (TPSA) is 76.1 Å². The van der Waals surface area contributed by atoms with Crippen LogP contribution in [0.4, 0.5) is 25.0 Å². The highest BCUT2D eigenvalue weighted by Gasteiger charge is 2.09. The highest BCUT2D eigenvalue weighted by atomic mass is 19.1. The average molecular weight is 294 g/mol. The lowest BCUT2D eigenvalue weighted by atomic mass is 10.3. The first kappa shape index (κ1) is 14.6. The van der Waals surface area contributed by atoms with E-state index >= 15 is 0 Å². The van der Waals surface area contributed by atoms with Crippen LogP contribution in [-0.2, 0) is 0 Å². The third kappa shape index (κ3) is 4.10. The number of urea groups is 1. The summed E-state index contributed by atoms with van der Waals surface area (Å²) in [7, 11) is 0. The van der Waals surface area contributed by atoms with Crippen LogP contribution < -0.4 is 15.4 Å². The second-order valence-corrected chi connectivity index (χ2v) is 3.89. The number of ether oxygens (including phenoxy) is 1. The third-order valence-corrected chi connectivity index (χ3v) is 2.34. The van der Waals surface area contributed by atoms with Gasteiger partial charge in [0.2, 0.25) is 0 Å². The lowest BCUT2D eigenvalue weighted by Gasteiger charge is -2.08. The highest BCUT2D eigenvalue weighted by molar-refractivity contribution is 5.99. The normalized spacial score (nSPS) is 10.0. The summed E-state index contributed by atoms with van der Waals surface area (Å²) in [6.45, 7) is 2.21. The second-order valence-electron chi connectivity index (χ2n) is 3.89. The van der Waals surface area contributed by atoms with Crippen molar-refractivity contribution in [3.05, 3.63) is 42.2 Å². The molecular formula is C13H12F2N4O2. The van der Waals surface area contributed by atoms with Crippen LogP contribution in [0, 0.1) is 11.6 Å². The quantitative estimate of drug-likeness (QED) is 0.909. The largest absolute Gasteiger partial charge is 0.464 e. The van der Waals surface area contributed by atoms with Crippen LogP contribution in [0.5, 0.6) is 6.01 Å². The van der Waals surface area contributed by atoms with Gasteiger partial charge < -0.3 is 15.4 Å². The van der Waals surface area contributed by atoms with Crippen molar-refractivity contribution >= 4 is 17.4 Å². The fourth-order valence-corrected chi connectivity index (χ4v) is 1.46. The molecule has 1 aromatic carbocycles. The zero-order chi connectivity index (χ0) is 15.2. The van der Waals surface area contributed by atoms with Gasteiger partial charge in [0.05, 0.1) is 30.4 Å². The molecule has 6 nitrogen and oxygen atoms in total. The van der Waals surface area contributed by atoms with Crippen LogP contribution >= 0.6 is 0 Å². The molecule has 2 rings (SSSR count). The van der Waals surface area contributed by atoms with Gasteiger partial charge in [-0.2, -0.15) is 0 Å². The Kier molecular flexibility index (Phi) is 4.60. The van der Waals surface area contributed by atoms with E-state index in [-0.39, 0.29) is 17.4 Å². The van der Waals surface area contributed by atoms with Gasteiger partial charge in [0.25, 0.3) is 0 Å². The number of nitrogens with zero attached hydrogens (tertiary/aromatic N) is 2. The molecule has 0 radical (unpaired) electrons. The Hall–Kier alpha value is -2.77. The highest BCUT2D eigenvalue weighted by Crippen LogP contribution is 2.16. The number of benzene rings is 1. The summed E-state index contributed by atoms with van der Waals surface area (Å²) in [6, 6.07) is 2.19. The van der Waals surface area contributed by atoms with Crippen molar-refractivity contribution < 1.29 is 18.3 Å². The van der Waals surface area contributed by atoms with E-state index < -0.39 is 17.7 Å². The van der Waals surface area contributed by atoms with Gasteiger partial charge in [-0.15, -0.1) is 0 Å². The summed E-state index contributed by atoms with van der Waals surface area (Å²) in [5.74, 6) is -1.40. The van der Waals surface area contributed by atoms with Crippen LogP contribution in [-0.4, -0.2) is 22.6 Å². The molecule has 0 saturated heterocycles. The van der Waals surface area contributed by atoms with Crippen molar-refractivity contribution in [3.63, 3.8) is 0 Å². The van der Waals surface area contributed by atoms with Crippen molar-refractivity contribution in [1.82, 2.24) is 9.97 Å². The minimum Gasteiger partial charge on any atom is -0.464 e. The lowest BCUT2D eigenvalue weighted by molar-refractivity contribution is 0.262. The number of amides is 2. The summed E-state index contributed by atoms with van der Waals surface area (Å²) < 4.78 is 31.4. The van der Waals surface area contributed by atoms with Gasteiger partial charge in [-0.25, -0.2) is 23.5 Å². The van der Waals surface area contributed by atoms with E-state index in [4.69, 9.17) is 4.74 Å². The number of carbonyl (C=O) groups excluding carboxylic acids is 1. The predicted molar refractivity (Wildman–Crippen MR) is 72.2 cm³/mol. The maximum Gasteiger partial charge on any atom is 0.323 e. The van der Waals surface area contributed by atoms with E-state index in [1.165, 1.54) is 12.4 Å². The molecule has 0 aliphatic rings. The molecule has 2 aromatic rings. The lowest BCUT2D eigenvalue weighted by Crippen LogP contribution is -2.20. The molecular weight excluding hydrogens is 282 g/mol. The summed E-state index contributed by atoms with van der Waals surface area (Å²) in [5.41, 5.74) is 0.0205. The monoisotopic (exact) mass is 294 g/mol. The first-order valence-electron chi connectivity index (χ1n) is 6.06. The number of rotatable bonds is 4. The zero-order valence-corrected chi connectivity index (χ0v) is 11.1. The van der Waals surface area contributed by atoms with Crippen molar-refractivity contribution in [3.8, 4) is 6.01 Å². The number of carbonyl (C=O) groups is 1. The molecule has 8 heteroatoms. The first-order chi connectivity index (χ1) is 10.1. The molecule has 0 bridgehead atoms. The predicted octanol–water partition coefficient (Wildman–Crippen LogP) is 2.80. The van der Waals surface area contributed by atoms with Crippen molar-refractivity contribution in [2.45, 2.75) is 6.92 Å². The van der Waals surface area contributed by atoms with E-state index in [2.05, 4.69) is 20.6 Å². The fraction of sp³-hybridized carbons (Fsp3) is 0.154. The average Bonchev–Trinajstić information content (AvgIpc) is 2.45. The van der Waals surface area contributed by atoms with Crippen molar-refractivity contribution in [1.29, 1.82) is 0 Å². The van der Waals surface area contributed by atoms with Crippen LogP contribution in [0.3, 0.4) is 0 Å². The Morgan fingerprint density at radius 3 is 2.62 bits per heavy atom. The van der Waals surface area contributed by atoms with Crippen LogP contribution in [0.1, 0.15) is 6.92 Å². The number of nitrogens with one attached hydrogen (secondary N) is 2. The van der Waals surface area contributed by atoms with E-state index in [0.717, 1.165) is 18.2 Å². The molecule has 2 amide bonds. The Morgan fingerprint density at radius 2 is 1.95 bits per heavy atom. The van der Waals surface area contributed by atoms with E-state index in [9.17, 15) is 13.6 Å². The molecule has 0 atom stereocenters.